The quantitative estimate of drug-likeness (QED) is 0.511. The number of nitro groups is 1. The van der Waals surface area contributed by atoms with Crippen molar-refractivity contribution >= 4 is 23.3 Å². The lowest BCUT2D eigenvalue weighted by atomic mass is 9.79. The number of amides is 1. The van der Waals surface area contributed by atoms with E-state index in [9.17, 15) is 19.7 Å². The van der Waals surface area contributed by atoms with Gasteiger partial charge >= 0.3 is 5.97 Å². The maximum absolute atomic E-state index is 12.7. The smallest absolute Gasteiger partial charge is 0.310 e. The Bertz CT molecular complexity index is 746. The Balaban J connectivity index is 1.61. The molecule has 24 heavy (non-hydrogen) atoms. The Morgan fingerprint density at radius 1 is 1.42 bits per heavy atom. The molecular formula is C16H16N2O6. The first-order valence-corrected chi connectivity index (χ1v) is 7.83. The maximum Gasteiger partial charge on any atom is 0.310 e. The Kier molecular flexibility index (Phi) is 3.22. The molecule has 1 saturated heterocycles. The molecule has 126 valence electrons. The van der Waals surface area contributed by atoms with E-state index in [0.717, 1.165) is 6.42 Å². The molecule has 0 aromatic heterocycles. The SMILES string of the molecule is COc1ccc([N+](=O)[O-])c(NC(=O)[C@@H]2[C@@H]3C[C@H]4[C@@H]2C(=O)O[C@@H]4C3)c1. The molecule has 3 fully saturated rings. The molecule has 0 radical (unpaired) electrons. The van der Waals surface area contributed by atoms with Gasteiger partial charge in [0.1, 0.15) is 17.5 Å². The number of methoxy groups -OCH3 is 1. The minimum atomic E-state index is -0.560. The zero-order chi connectivity index (χ0) is 17.0. The Morgan fingerprint density at radius 2 is 2.21 bits per heavy atom. The summed E-state index contributed by atoms with van der Waals surface area (Å²) in [6.07, 6.45) is 1.45. The van der Waals surface area contributed by atoms with Gasteiger partial charge in [-0.2, -0.15) is 0 Å². The third kappa shape index (κ3) is 2.05. The molecule has 8 heteroatoms. The normalized spacial score (nSPS) is 32.5. The van der Waals surface area contributed by atoms with Gasteiger partial charge in [-0.3, -0.25) is 19.7 Å². The van der Waals surface area contributed by atoms with Crippen molar-refractivity contribution in [2.24, 2.45) is 23.7 Å². The third-order valence-corrected chi connectivity index (χ3v) is 5.44. The predicted octanol–water partition coefficient (Wildman–Crippen LogP) is 1.74. The first-order valence-electron chi connectivity index (χ1n) is 7.83. The van der Waals surface area contributed by atoms with Crippen molar-refractivity contribution in [2.45, 2.75) is 18.9 Å². The Labute approximate surface area is 137 Å². The van der Waals surface area contributed by atoms with Crippen LogP contribution in [0.3, 0.4) is 0 Å². The van der Waals surface area contributed by atoms with Gasteiger partial charge in [-0.1, -0.05) is 0 Å². The zero-order valence-electron chi connectivity index (χ0n) is 12.9. The van der Waals surface area contributed by atoms with E-state index in [0.29, 0.717) is 12.2 Å². The summed E-state index contributed by atoms with van der Waals surface area (Å²) < 4.78 is 10.4. The van der Waals surface area contributed by atoms with Crippen LogP contribution in [0.5, 0.6) is 5.75 Å². The van der Waals surface area contributed by atoms with Crippen molar-refractivity contribution in [1.29, 1.82) is 0 Å². The monoisotopic (exact) mass is 332 g/mol. The number of carbonyl (C=O) groups excluding carboxylic acids is 2. The van der Waals surface area contributed by atoms with Crippen molar-refractivity contribution in [1.82, 2.24) is 0 Å². The summed E-state index contributed by atoms with van der Waals surface area (Å²) in [5.41, 5.74) is -0.130. The number of nitrogens with zero attached hydrogens (tertiary/aromatic N) is 1. The summed E-state index contributed by atoms with van der Waals surface area (Å²) in [5, 5.41) is 13.8. The summed E-state index contributed by atoms with van der Waals surface area (Å²) in [7, 11) is 1.44. The molecule has 5 atom stereocenters. The summed E-state index contributed by atoms with van der Waals surface area (Å²) in [5.74, 6) is -0.958. The minimum Gasteiger partial charge on any atom is -0.497 e. The molecular weight excluding hydrogens is 316 g/mol. The number of rotatable bonds is 4. The van der Waals surface area contributed by atoms with Gasteiger partial charge in [-0.25, -0.2) is 0 Å². The first-order chi connectivity index (χ1) is 11.5. The lowest BCUT2D eigenvalue weighted by Gasteiger charge is -2.23. The van der Waals surface area contributed by atoms with Crippen molar-refractivity contribution in [3.63, 3.8) is 0 Å². The predicted molar refractivity (Wildman–Crippen MR) is 81.4 cm³/mol. The number of hydrogen-bond donors (Lipinski definition) is 1. The van der Waals surface area contributed by atoms with Gasteiger partial charge in [-0.15, -0.1) is 0 Å². The number of nitro benzene ring substituents is 1. The fraction of sp³-hybridized carbons (Fsp3) is 0.500. The molecule has 8 nitrogen and oxygen atoms in total. The Hall–Kier alpha value is -2.64. The van der Waals surface area contributed by atoms with Crippen molar-refractivity contribution in [3.05, 3.63) is 28.3 Å². The highest BCUT2D eigenvalue weighted by molar-refractivity contribution is 5.98. The van der Waals surface area contributed by atoms with E-state index in [1.165, 1.54) is 25.3 Å². The van der Waals surface area contributed by atoms with Crippen LogP contribution in [0.1, 0.15) is 12.8 Å². The van der Waals surface area contributed by atoms with E-state index in [1.54, 1.807) is 0 Å². The van der Waals surface area contributed by atoms with E-state index >= 15 is 0 Å². The molecule has 2 bridgehead atoms. The van der Waals surface area contributed by atoms with Gasteiger partial charge in [0.05, 0.1) is 23.9 Å². The van der Waals surface area contributed by atoms with Crippen LogP contribution in [0.15, 0.2) is 18.2 Å². The standard InChI is InChI=1S/C16H16N2O6/c1-23-8-2-3-11(18(21)22)10(6-8)17-15(19)13-7-4-9-12(5-7)24-16(20)14(9)13/h2-3,6-7,9,12-14H,4-5H2,1H3,(H,17,19)/t7-,9-,12-,13-,14+/m1/s1. The topological polar surface area (TPSA) is 108 Å². The summed E-state index contributed by atoms with van der Waals surface area (Å²) in [6.45, 7) is 0. The number of carbonyl (C=O) groups is 2. The first kappa shape index (κ1) is 14.9. The van der Waals surface area contributed by atoms with Crippen LogP contribution >= 0.6 is 0 Å². The molecule has 2 saturated carbocycles. The largest absolute Gasteiger partial charge is 0.497 e. The number of benzene rings is 1. The third-order valence-electron chi connectivity index (χ3n) is 5.44. The second kappa shape index (κ2) is 5.19. The molecule has 1 amide bonds. The summed E-state index contributed by atoms with van der Waals surface area (Å²) in [4.78, 5) is 35.3. The van der Waals surface area contributed by atoms with Crippen molar-refractivity contribution in [3.8, 4) is 5.75 Å². The van der Waals surface area contributed by atoms with Crippen LogP contribution in [0, 0.1) is 33.8 Å². The van der Waals surface area contributed by atoms with Crippen molar-refractivity contribution < 1.29 is 24.0 Å². The average Bonchev–Trinajstić information content (AvgIpc) is 3.16. The fourth-order valence-corrected chi connectivity index (χ4v) is 4.48. The highest BCUT2D eigenvalue weighted by atomic mass is 16.6. The average molecular weight is 332 g/mol. The molecule has 1 aromatic carbocycles. The molecule has 1 aromatic rings. The van der Waals surface area contributed by atoms with Gasteiger partial charge in [0, 0.05) is 18.1 Å². The highest BCUT2D eigenvalue weighted by Gasteiger charge is 2.63. The number of esters is 1. The molecule has 1 aliphatic heterocycles. The van der Waals surface area contributed by atoms with E-state index < -0.39 is 16.8 Å². The molecule has 2 aliphatic carbocycles. The summed E-state index contributed by atoms with van der Waals surface area (Å²) >= 11 is 0. The van der Waals surface area contributed by atoms with Gasteiger partial charge in [0.25, 0.3) is 5.69 Å². The lowest BCUT2D eigenvalue weighted by Crippen LogP contribution is -2.36. The van der Waals surface area contributed by atoms with E-state index in [1.807, 2.05) is 0 Å². The van der Waals surface area contributed by atoms with Gasteiger partial charge in [0.15, 0.2) is 0 Å². The van der Waals surface area contributed by atoms with E-state index in [4.69, 9.17) is 9.47 Å². The molecule has 4 rings (SSSR count). The van der Waals surface area contributed by atoms with Crippen LogP contribution in [0.4, 0.5) is 11.4 Å². The number of anilines is 1. The number of fused-ring (bicyclic) bond motifs is 1. The second-order valence-corrected chi connectivity index (χ2v) is 6.55. The van der Waals surface area contributed by atoms with Crippen LogP contribution in [0.2, 0.25) is 0 Å². The van der Waals surface area contributed by atoms with Crippen LogP contribution in [0.25, 0.3) is 0 Å². The molecule has 3 aliphatic rings. The van der Waals surface area contributed by atoms with E-state index in [2.05, 4.69) is 5.32 Å². The molecule has 1 heterocycles. The van der Waals surface area contributed by atoms with Crippen LogP contribution in [-0.4, -0.2) is 30.0 Å². The lowest BCUT2D eigenvalue weighted by molar-refractivity contribution is -0.384. The second-order valence-electron chi connectivity index (χ2n) is 6.55. The molecule has 1 N–H and O–H groups in total. The van der Waals surface area contributed by atoms with Crippen LogP contribution in [-0.2, 0) is 14.3 Å². The summed E-state index contributed by atoms with van der Waals surface area (Å²) in [6, 6.07) is 4.17. The van der Waals surface area contributed by atoms with E-state index in [-0.39, 0.29) is 41.2 Å². The highest BCUT2D eigenvalue weighted by Crippen LogP contribution is 2.57. The van der Waals surface area contributed by atoms with Gasteiger partial charge in [0.2, 0.25) is 5.91 Å². The molecule has 0 spiro atoms. The Morgan fingerprint density at radius 3 is 2.92 bits per heavy atom. The minimum absolute atomic E-state index is 0.0531. The number of ether oxygens (including phenoxy) is 2. The number of nitrogens with one attached hydrogen (secondary N) is 1. The zero-order valence-corrected chi connectivity index (χ0v) is 12.9. The maximum atomic E-state index is 12.7. The van der Waals surface area contributed by atoms with Gasteiger partial charge in [-0.05, 0) is 24.8 Å². The fourth-order valence-electron chi connectivity index (χ4n) is 4.48. The molecule has 0 unspecified atom stereocenters. The van der Waals surface area contributed by atoms with Crippen LogP contribution < -0.4 is 10.1 Å². The van der Waals surface area contributed by atoms with Crippen molar-refractivity contribution in [2.75, 3.05) is 12.4 Å². The van der Waals surface area contributed by atoms with Gasteiger partial charge < -0.3 is 14.8 Å². The number of hydrogen-bond acceptors (Lipinski definition) is 6.